The van der Waals surface area contributed by atoms with Crippen LogP contribution in [0.15, 0.2) is 59.5 Å². The van der Waals surface area contributed by atoms with Crippen LogP contribution in [0.4, 0.5) is 0 Å². The highest BCUT2D eigenvalue weighted by atomic mass is 32.2. The van der Waals surface area contributed by atoms with Gasteiger partial charge in [-0.05, 0) is 50.2 Å². The number of ketones is 1. The average Bonchev–Trinajstić information content (AvgIpc) is 3.24. The molecule has 0 saturated carbocycles. The van der Waals surface area contributed by atoms with Crippen LogP contribution in [-0.4, -0.2) is 74.7 Å². The van der Waals surface area contributed by atoms with Crippen LogP contribution in [0.3, 0.4) is 0 Å². The third kappa shape index (κ3) is 5.70. The molecule has 1 fully saturated rings. The molecule has 1 unspecified atom stereocenters. The van der Waals surface area contributed by atoms with Gasteiger partial charge in [0, 0.05) is 30.0 Å². The smallest absolute Gasteiger partial charge is 0.338 e. The van der Waals surface area contributed by atoms with Crippen LogP contribution in [0.5, 0.6) is 11.5 Å². The van der Waals surface area contributed by atoms with Crippen molar-refractivity contribution in [1.82, 2.24) is 8.87 Å². The molecule has 0 spiro atoms. The third-order valence-electron chi connectivity index (χ3n) is 6.84. The average molecular weight is 555 g/mol. The first-order valence-electron chi connectivity index (χ1n) is 12.7. The van der Waals surface area contributed by atoms with Crippen LogP contribution >= 0.6 is 0 Å². The van der Waals surface area contributed by atoms with E-state index in [0.29, 0.717) is 43.4 Å². The summed E-state index contributed by atoms with van der Waals surface area (Å²) < 4.78 is 51.5. The first kappa shape index (κ1) is 26.9. The summed E-state index contributed by atoms with van der Waals surface area (Å²) in [5, 5.41) is 0. The molecule has 10 nitrogen and oxygen atoms in total. The zero-order valence-electron chi connectivity index (χ0n) is 21.8. The number of Topliss-reactive ketones (excluding diaryl/α,β-unsaturated/α-hetero) is 1. The number of morpholine rings is 1. The van der Waals surface area contributed by atoms with Crippen LogP contribution in [0, 0.1) is 13.8 Å². The van der Waals surface area contributed by atoms with Gasteiger partial charge in [0.15, 0.2) is 24.2 Å². The van der Waals surface area contributed by atoms with Crippen LogP contribution < -0.4 is 9.47 Å². The Kier molecular flexibility index (Phi) is 7.74. The third-order valence-corrected chi connectivity index (χ3v) is 8.73. The van der Waals surface area contributed by atoms with Crippen molar-refractivity contribution >= 4 is 21.8 Å². The molecule has 0 bridgehead atoms. The van der Waals surface area contributed by atoms with Gasteiger partial charge in [-0.2, -0.15) is 4.31 Å². The van der Waals surface area contributed by atoms with Crippen LogP contribution in [0.25, 0.3) is 0 Å². The number of ether oxygens (including phenoxy) is 4. The number of hydrogen-bond acceptors (Lipinski definition) is 8. The Hall–Kier alpha value is -3.67. The summed E-state index contributed by atoms with van der Waals surface area (Å²) in [6.45, 7) is 5.26. The number of rotatable bonds is 8. The lowest BCUT2D eigenvalue weighted by molar-refractivity contribution is 0.0474. The molecule has 2 aliphatic heterocycles. The predicted molar refractivity (Wildman–Crippen MR) is 141 cm³/mol. The Morgan fingerprint density at radius 3 is 2.51 bits per heavy atom. The maximum atomic E-state index is 13.0. The lowest BCUT2D eigenvalue weighted by Crippen LogP contribution is -2.40. The van der Waals surface area contributed by atoms with Gasteiger partial charge in [-0.3, -0.25) is 4.79 Å². The topological polar surface area (TPSA) is 113 Å². The number of para-hydroxylation sites is 2. The van der Waals surface area contributed by atoms with Gasteiger partial charge in [-0.25, -0.2) is 13.2 Å². The first-order chi connectivity index (χ1) is 18.7. The van der Waals surface area contributed by atoms with Gasteiger partial charge in [0.25, 0.3) is 0 Å². The number of fused-ring (bicyclic) bond motifs is 1. The second-order valence-electron chi connectivity index (χ2n) is 9.44. The zero-order valence-corrected chi connectivity index (χ0v) is 22.6. The maximum absolute atomic E-state index is 13.0. The summed E-state index contributed by atoms with van der Waals surface area (Å²) >= 11 is 0. The quantitative estimate of drug-likeness (QED) is 0.309. The Bertz CT molecular complexity index is 1490. The van der Waals surface area contributed by atoms with Crippen molar-refractivity contribution in [2.45, 2.75) is 31.4 Å². The lowest BCUT2D eigenvalue weighted by atomic mass is 10.1. The summed E-state index contributed by atoms with van der Waals surface area (Å²) in [6, 6.07) is 14.9. The molecule has 11 heteroatoms. The minimum absolute atomic E-state index is 0.00902. The molecule has 3 aromatic rings. The lowest BCUT2D eigenvalue weighted by Gasteiger charge is -2.27. The zero-order chi connectivity index (χ0) is 27.6. The van der Waals surface area contributed by atoms with Crippen LogP contribution in [-0.2, 0) is 26.0 Å². The van der Waals surface area contributed by atoms with Gasteiger partial charge in [0.05, 0.1) is 30.2 Å². The summed E-state index contributed by atoms with van der Waals surface area (Å²) in [4.78, 5) is 25.7. The summed E-state index contributed by atoms with van der Waals surface area (Å²) in [5.41, 5.74) is 2.10. The Morgan fingerprint density at radius 2 is 1.74 bits per heavy atom. The number of hydrogen-bond donors (Lipinski definition) is 0. The molecule has 39 heavy (non-hydrogen) atoms. The van der Waals surface area contributed by atoms with E-state index < -0.39 is 22.6 Å². The van der Waals surface area contributed by atoms with E-state index in [9.17, 15) is 18.0 Å². The fourth-order valence-corrected chi connectivity index (χ4v) is 6.19. The Labute approximate surface area is 227 Å². The monoisotopic (exact) mass is 554 g/mol. The van der Waals surface area contributed by atoms with Crippen LogP contribution in [0.1, 0.15) is 32.1 Å². The van der Waals surface area contributed by atoms with E-state index in [4.69, 9.17) is 18.9 Å². The maximum Gasteiger partial charge on any atom is 0.338 e. The molecule has 0 amide bonds. The standard InChI is InChI=1S/C28H30N2O8S/c1-19-14-24(20(2)30(19)16-22-17-36-26-8-3-4-9-27(26)38-22)25(31)18-37-28(32)21-6-5-7-23(15-21)39(33,34)29-10-12-35-13-11-29/h3-9,14-15,22H,10-13,16-18H2,1-2H3. The minimum Gasteiger partial charge on any atom is -0.486 e. The summed E-state index contributed by atoms with van der Waals surface area (Å²) in [5.74, 6) is 0.256. The molecule has 5 rings (SSSR count). The molecular weight excluding hydrogens is 524 g/mol. The van der Waals surface area contributed by atoms with Crippen molar-refractivity contribution in [1.29, 1.82) is 0 Å². The van der Waals surface area contributed by atoms with Gasteiger partial charge in [-0.1, -0.05) is 18.2 Å². The van der Waals surface area contributed by atoms with Crippen molar-refractivity contribution < 1.29 is 37.0 Å². The van der Waals surface area contributed by atoms with Gasteiger partial charge in [0.1, 0.15) is 6.61 Å². The SMILES string of the molecule is Cc1cc(C(=O)COC(=O)c2cccc(S(=O)(=O)N3CCOCC3)c2)c(C)n1CC1COc2ccccc2O1. The molecule has 1 aromatic heterocycles. The van der Waals surface area contributed by atoms with E-state index >= 15 is 0 Å². The molecule has 2 aliphatic rings. The minimum atomic E-state index is -3.77. The van der Waals surface area contributed by atoms with Crippen molar-refractivity contribution in [3.8, 4) is 11.5 Å². The van der Waals surface area contributed by atoms with E-state index in [0.717, 1.165) is 11.4 Å². The first-order valence-corrected chi connectivity index (χ1v) is 14.1. The number of nitrogens with zero attached hydrogens (tertiary/aromatic N) is 2. The fourth-order valence-electron chi connectivity index (χ4n) is 4.73. The molecular formula is C28H30N2O8S. The molecule has 206 valence electrons. The number of aromatic nitrogens is 1. The van der Waals surface area contributed by atoms with Crippen molar-refractivity contribution in [2.24, 2.45) is 0 Å². The van der Waals surface area contributed by atoms with Gasteiger partial charge >= 0.3 is 5.97 Å². The molecule has 0 aliphatic carbocycles. The molecule has 1 atom stereocenters. The van der Waals surface area contributed by atoms with E-state index in [1.54, 1.807) is 6.07 Å². The molecule has 0 N–H and O–H groups in total. The van der Waals surface area contributed by atoms with Gasteiger partial charge in [0.2, 0.25) is 15.8 Å². The Morgan fingerprint density at radius 1 is 1.00 bits per heavy atom. The number of carbonyl (C=O) groups is 2. The highest BCUT2D eigenvalue weighted by Crippen LogP contribution is 2.31. The molecule has 2 aromatic carbocycles. The number of carbonyl (C=O) groups excluding carboxylic acids is 2. The Balaban J connectivity index is 1.22. The predicted octanol–water partition coefficient (Wildman–Crippen LogP) is 3.01. The molecule has 0 radical (unpaired) electrons. The molecule has 3 heterocycles. The summed E-state index contributed by atoms with van der Waals surface area (Å²) in [7, 11) is -3.77. The largest absolute Gasteiger partial charge is 0.486 e. The van der Waals surface area contributed by atoms with Gasteiger partial charge < -0.3 is 23.5 Å². The summed E-state index contributed by atoms with van der Waals surface area (Å²) in [6.07, 6.45) is -0.230. The second kappa shape index (κ2) is 11.2. The highest BCUT2D eigenvalue weighted by Gasteiger charge is 2.28. The normalized spacial score (nSPS) is 17.5. The van der Waals surface area contributed by atoms with Crippen molar-refractivity contribution in [3.63, 3.8) is 0 Å². The van der Waals surface area contributed by atoms with E-state index in [1.807, 2.05) is 42.7 Å². The fraction of sp³-hybridized carbons (Fsp3) is 0.357. The number of aryl methyl sites for hydroxylation is 1. The van der Waals surface area contributed by atoms with E-state index in [2.05, 4.69) is 0 Å². The van der Waals surface area contributed by atoms with Crippen molar-refractivity contribution in [3.05, 3.63) is 77.1 Å². The van der Waals surface area contributed by atoms with E-state index in [-0.39, 0.29) is 35.4 Å². The highest BCUT2D eigenvalue weighted by molar-refractivity contribution is 7.89. The molecule has 1 saturated heterocycles. The van der Waals surface area contributed by atoms with Crippen molar-refractivity contribution in [2.75, 3.05) is 39.5 Å². The van der Waals surface area contributed by atoms with Crippen LogP contribution in [0.2, 0.25) is 0 Å². The second-order valence-corrected chi connectivity index (χ2v) is 11.4. The van der Waals surface area contributed by atoms with E-state index in [1.165, 1.54) is 28.6 Å². The number of benzene rings is 2. The number of sulfonamides is 1. The van der Waals surface area contributed by atoms with Gasteiger partial charge in [-0.15, -0.1) is 0 Å². The number of esters is 1.